The predicted molar refractivity (Wildman–Crippen MR) is 105 cm³/mol. The number of hydrogen-bond donors (Lipinski definition) is 0. The molecule has 1 aromatic rings. The van der Waals surface area contributed by atoms with Crippen molar-refractivity contribution in [3.8, 4) is 0 Å². The monoisotopic (exact) mass is 342 g/mol. The molecule has 1 fully saturated rings. The van der Waals surface area contributed by atoms with E-state index in [-0.39, 0.29) is 5.91 Å². The summed E-state index contributed by atoms with van der Waals surface area (Å²) in [5.41, 5.74) is 4.17. The summed E-state index contributed by atoms with van der Waals surface area (Å²) in [5, 5.41) is 0. The van der Waals surface area contributed by atoms with E-state index in [4.69, 9.17) is 0 Å². The Balaban J connectivity index is 0.000000880. The van der Waals surface area contributed by atoms with Crippen molar-refractivity contribution in [2.45, 2.75) is 59.4 Å². The van der Waals surface area contributed by atoms with Gasteiger partial charge in [0, 0.05) is 37.7 Å². The molecule has 4 atom stereocenters. The first-order valence-electron chi connectivity index (χ1n) is 10.1. The van der Waals surface area contributed by atoms with Gasteiger partial charge in [0.1, 0.15) is 0 Å². The van der Waals surface area contributed by atoms with Crippen LogP contribution in [0.3, 0.4) is 0 Å². The number of nitrogens with zero attached hydrogens (tertiary/aromatic N) is 2. The van der Waals surface area contributed by atoms with Crippen molar-refractivity contribution in [1.29, 1.82) is 0 Å². The number of hydrogen-bond acceptors (Lipinski definition) is 2. The van der Waals surface area contributed by atoms with Gasteiger partial charge in [0.2, 0.25) is 5.91 Å². The molecule has 0 aromatic heterocycles. The number of rotatable bonds is 1. The Hall–Kier alpha value is -1.35. The highest BCUT2D eigenvalue weighted by Crippen LogP contribution is 2.49. The van der Waals surface area contributed by atoms with Crippen molar-refractivity contribution in [2.75, 3.05) is 25.0 Å². The summed E-state index contributed by atoms with van der Waals surface area (Å²) >= 11 is 0. The molecule has 4 rings (SSSR count). The van der Waals surface area contributed by atoms with Crippen LogP contribution in [-0.2, 0) is 11.2 Å². The maximum absolute atomic E-state index is 12.0. The number of fused-ring (bicyclic) bond motifs is 1. The molecule has 2 aliphatic heterocycles. The summed E-state index contributed by atoms with van der Waals surface area (Å²) < 4.78 is 0. The van der Waals surface area contributed by atoms with Crippen molar-refractivity contribution in [3.05, 3.63) is 29.3 Å². The number of amides is 1. The fourth-order valence-electron chi connectivity index (χ4n) is 5.49. The highest BCUT2D eigenvalue weighted by molar-refractivity contribution is 5.94. The van der Waals surface area contributed by atoms with E-state index >= 15 is 0 Å². The highest BCUT2D eigenvalue weighted by Gasteiger charge is 2.46. The smallest absolute Gasteiger partial charge is 0.223 e. The van der Waals surface area contributed by atoms with Gasteiger partial charge < -0.3 is 9.80 Å². The van der Waals surface area contributed by atoms with Crippen LogP contribution in [0.25, 0.3) is 0 Å². The fraction of sp³-hybridized carbons (Fsp3) is 0.682. The molecule has 0 saturated carbocycles. The normalized spacial score (nSPS) is 30.4. The summed E-state index contributed by atoms with van der Waals surface area (Å²) in [6.07, 6.45) is 2.39. The maximum Gasteiger partial charge on any atom is 0.223 e. The molecule has 138 valence electrons. The minimum absolute atomic E-state index is 0.183. The molecule has 1 aliphatic carbocycles. The summed E-state index contributed by atoms with van der Waals surface area (Å²) in [4.78, 5) is 16.6. The van der Waals surface area contributed by atoms with E-state index in [1.807, 2.05) is 18.7 Å². The number of carbonyl (C=O) groups is 1. The number of likely N-dealkylation sites (tertiary alicyclic amines) is 1. The maximum atomic E-state index is 12.0. The zero-order valence-corrected chi connectivity index (χ0v) is 16.7. The van der Waals surface area contributed by atoms with Crippen LogP contribution in [0.5, 0.6) is 0 Å². The van der Waals surface area contributed by atoms with E-state index in [0.717, 1.165) is 24.3 Å². The Bertz CT molecular complexity index is 639. The molecule has 0 N–H and O–H groups in total. The van der Waals surface area contributed by atoms with Crippen LogP contribution in [-0.4, -0.2) is 37.0 Å². The molecule has 3 nitrogen and oxygen atoms in total. The van der Waals surface area contributed by atoms with Gasteiger partial charge in [0.05, 0.1) is 0 Å². The third kappa shape index (κ3) is 3.01. The Kier molecular flexibility index (Phi) is 5.24. The Labute approximate surface area is 153 Å². The molecular weight excluding hydrogens is 308 g/mol. The number of benzene rings is 1. The van der Waals surface area contributed by atoms with Gasteiger partial charge in [-0.1, -0.05) is 39.8 Å². The van der Waals surface area contributed by atoms with Crippen molar-refractivity contribution >= 4 is 11.6 Å². The second-order valence-electron chi connectivity index (χ2n) is 8.19. The molecule has 0 radical (unpaired) electrons. The van der Waals surface area contributed by atoms with Crippen molar-refractivity contribution < 1.29 is 4.79 Å². The van der Waals surface area contributed by atoms with Crippen LogP contribution in [0.15, 0.2) is 18.2 Å². The zero-order valence-electron chi connectivity index (χ0n) is 16.7. The van der Waals surface area contributed by atoms with Crippen molar-refractivity contribution in [3.63, 3.8) is 0 Å². The average molecular weight is 343 g/mol. The van der Waals surface area contributed by atoms with Crippen LogP contribution >= 0.6 is 0 Å². The Morgan fingerprint density at radius 2 is 1.92 bits per heavy atom. The highest BCUT2D eigenvalue weighted by atomic mass is 16.2. The fourth-order valence-corrected chi connectivity index (χ4v) is 5.49. The molecule has 0 bridgehead atoms. The van der Waals surface area contributed by atoms with Crippen LogP contribution in [0.1, 0.15) is 58.1 Å². The predicted octanol–water partition coefficient (Wildman–Crippen LogP) is 4.31. The number of carbonyl (C=O) groups excluding carboxylic acids is 1. The molecule has 3 heteroatoms. The van der Waals surface area contributed by atoms with Gasteiger partial charge in [-0.05, 0) is 54.8 Å². The van der Waals surface area contributed by atoms with Gasteiger partial charge >= 0.3 is 0 Å². The van der Waals surface area contributed by atoms with Gasteiger partial charge in [0.15, 0.2) is 0 Å². The first-order valence-corrected chi connectivity index (χ1v) is 10.1. The lowest BCUT2D eigenvalue weighted by Gasteiger charge is -2.28. The van der Waals surface area contributed by atoms with Gasteiger partial charge in [-0.2, -0.15) is 0 Å². The average Bonchev–Trinajstić information content (AvgIpc) is 3.05. The summed E-state index contributed by atoms with van der Waals surface area (Å²) in [7, 11) is 2.30. The zero-order chi connectivity index (χ0) is 18.3. The molecule has 3 aliphatic rings. The van der Waals surface area contributed by atoms with Crippen LogP contribution < -0.4 is 4.90 Å². The second kappa shape index (κ2) is 7.11. The van der Waals surface area contributed by atoms with Gasteiger partial charge in [-0.3, -0.25) is 4.79 Å². The second-order valence-corrected chi connectivity index (χ2v) is 8.19. The summed E-state index contributed by atoms with van der Waals surface area (Å²) in [6.45, 7) is 12.6. The lowest BCUT2D eigenvalue weighted by Crippen LogP contribution is -2.33. The molecule has 4 unspecified atom stereocenters. The van der Waals surface area contributed by atoms with Crippen molar-refractivity contribution in [1.82, 2.24) is 4.90 Å². The minimum atomic E-state index is 0.183. The molecule has 1 amide bonds. The van der Waals surface area contributed by atoms with Gasteiger partial charge in [-0.25, -0.2) is 0 Å². The topological polar surface area (TPSA) is 23.6 Å². The van der Waals surface area contributed by atoms with E-state index in [2.05, 4.69) is 44.0 Å². The molecule has 1 saturated heterocycles. The Morgan fingerprint density at radius 1 is 1.20 bits per heavy atom. The largest absolute Gasteiger partial charge is 0.312 e. The lowest BCUT2D eigenvalue weighted by atomic mass is 9.79. The van der Waals surface area contributed by atoms with E-state index < -0.39 is 0 Å². The lowest BCUT2D eigenvalue weighted by molar-refractivity contribution is -0.116. The SMILES string of the molecule is CC.CC(=O)N1CC2CC3C(Cc4cccc1c42)C(C(C)C)CN3C. The van der Waals surface area contributed by atoms with E-state index in [9.17, 15) is 4.79 Å². The minimum Gasteiger partial charge on any atom is -0.312 e. The quantitative estimate of drug-likeness (QED) is 0.759. The molecule has 2 heterocycles. The Morgan fingerprint density at radius 3 is 2.56 bits per heavy atom. The van der Waals surface area contributed by atoms with E-state index in [0.29, 0.717) is 12.0 Å². The standard InChI is InChI=1S/C20H28N2O.C2H6/c1-12(2)17-11-21(4)19-9-15-10-22(13(3)23)18-7-5-6-14(20(15)18)8-16(17)19;1-2/h5-7,12,15-17,19H,8-11H2,1-4H3;1-2H3. The van der Waals surface area contributed by atoms with Crippen LogP contribution in [0, 0.1) is 17.8 Å². The first-order chi connectivity index (χ1) is 12.0. The van der Waals surface area contributed by atoms with Gasteiger partial charge in [0.25, 0.3) is 0 Å². The summed E-state index contributed by atoms with van der Waals surface area (Å²) in [6, 6.07) is 7.27. The third-order valence-corrected chi connectivity index (χ3v) is 6.60. The van der Waals surface area contributed by atoms with E-state index in [1.165, 1.54) is 36.2 Å². The number of anilines is 1. The van der Waals surface area contributed by atoms with E-state index in [1.54, 1.807) is 6.92 Å². The first kappa shape index (κ1) is 18.4. The third-order valence-electron chi connectivity index (χ3n) is 6.60. The van der Waals surface area contributed by atoms with Crippen LogP contribution in [0.2, 0.25) is 0 Å². The molecule has 0 spiro atoms. The molecular formula is C22H34N2O. The van der Waals surface area contributed by atoms with Crippen molar-refractivity contribution in [2.24, 2.45) is 17.8 Å². The molecule has 1 aromatic carbocycles. The van der Waals surface area contributed by atoms with Gasteiger partial charge in [-0.15, -0.1) is 0 Å². The summed E-state index contributed by atoms with van der Waals surface area (Å²) in [5.74, 6) is 3.01. The molecule has 25 heavy (non-hydrogen) atoms. The van der Waals surface area contributed by atoms with Crippen LogP contribution in [0.4, 0.5) is 5.69 Å².